The first-order valence-corrected chi connectivity index (χ1v) is 11.3. The van der Waals surface area contributed by atoms with E-state index in [-0.39, 0.29) is 0 Å². The summed E-state index contributed by atoms with van der Waals surface area (Å²) >= 11 is 0. The fourth-order valence-electron chi connectivity index (χ4n) is 2.60. The molecular weight excluding hydrogens is 295 g/mol. The summed E-state index contributed by atoms with van der Waals surface area (Å²) in [5.41, 5.74) is 0. The number of unbranched alkanes of at least 4 members (excludes halogenated alkanes) is 12. The third kappa shape index (κ3) is 16.5. The lowest BCUT2D eigenvalue weighted by atomic mass is 10.1. The molecule has 3 nitrogen and oxygen atoms in total. The van der Waals surface area contributed by atoms with Crippen LogP contribution in [0.15, 0.2) is 0 Å². The Balaban J connectivity index is 3.28. The summed E-state index contributed by atoms with van der Waals surface area (Å²) in [6.07, 6.45) is 17.1. The van der Waals surface area contributed by atoms with Crippen LogP contribution in [0.4, 0.5) is 0 Å². The van der Waals surface area contributed by atoms with Gasteiger partial charge in [0.05, 0.1) is 6.61 Å². The summed E-state index contributed by atoms with van der Waals surface area (Å²) in [5, 5.41) is 0. The molecule has 0 aliphatic carbocycles. The molecule has 1 atom stereocenters. The Morgan fingerprint density at radius 3 is 1.59 bits per heavy atom. The minimum absolute atomic E-state index is 0.324. The lowest BCUT2D eigenvalue weighted by Gasteiger charge is -2.11. The molecule has 1 N–H and O–H groups in total. The van der Waals surface area contributed by atoms with Gasteiger partial charge >= 0.3 is 7.60 Å². The molecule has 0 amide bonds. The zero-order valence-electron chi connectivity index (χ0n) is 15.0. The van der Waals surface area contributed by atoms with Crippen LogP contribution in [0.25, 0.3) is 0 Å². The second kappa shape index (κ2) is 16.0. The summed E-state index contributed by atoms with van der Waals surface area (Å²) in [6, 6.07) is 0. The Morgan fingerprint density at radius 2 is 1.09 bits per heavy atom. The average molecular weight is 334 g/mol. The van der Waals surface area contributed by atoms with E-state index in [0.29, 0.717) is 12.8 Å². The monoisotopic (exact) mass is 334 g/mol. The van der Waals surface area contributed by atoms with E-state index in [1.807, 2.05) is 0 Å². The van der Waals surface area contributed by atoms with Crippen LogP contribution in [0.1, 0.15) is 104 Å². The molecule has 0 aliphatic heterocycles. The fourth-order valence-corrected chi connectivity index (χ4v) is 3.77. The van der Waals surface area contributed by atoms with E-state index < -0.39 is 7.60 Å². The molecule has 0 bridgehead atoms. The van der Waals surface area contributed by atoms with Gasteiger partial charge in [-0.25, -0.2) is 0 Å². The van der Waals surface area contributed by atoms with Crippen LogP contribution in [0.5, 0.6) is 0 Å². The van der Waals surface area contributed by atoms with Gasteiger partial charge in [0.15, 0.2) is 0 Å². The molecule has 0 spiro atoms. The molecule has 0 aromatic carbocycles. The van der Waals surface area contributed by atoms with Crippen molar-refractivity contribution in [3.63, 3.8) is 0 Å². The van der Waals surface area contributed by atoms with Crippen LogP contribution in [-0.4, -0.2) is 17.7 Å². The number of hydrogen-bond acceptors (Lipinski definition) is 2. The van der Waals surface area contributed by atoms with Crippen molar-refractivity contribution in [2.24, 2.45) is 0 Å². The molecule has 0 rings (SSSR count). The summed E-state index contributed by atoms with van der Waals surface area (Å²) in [4.78, 5) is 9.69. The van der Waals surface area contributed by atoms with Crippen molar-refractivity contribution in [3.8, 4) is 0 Å². The topological polar surface area (TPSA) is 46.5 Å². The van der Waals surface area contributed by atoms with Gasteiger partial charge in [-0.1, -0.05) is 90.9 Å². The van der Waals surface area contributed by atoms with Crippen molar-refractivity contribution in [1.82, 2.24) is 0 Å². The van der Waals surface area contributed by atoms with E-state index in [1.165, 1.54) is 51.4 Å². The third-order valence-electron chi connectivity index (χ3n) is 4.09. The number of hydrogen-bond donors (Lipinski definition) is 1. The van der Waals surface area contributed by atoms with Crippen molar-refractivity contribution in [3.05, 3.63) is 0 Å². The molecule has 0 heterocycles. The highest BCUT2D eigenvalue weighted by molar-refractivity contribution is 7.52. The van der Waals surface area contributed by atoms with Gasteiger partial charge in [-0.3, -0.25) is 4.57 Å². The van der Waals surface area contributed by atoms with Crippen molar-refractivity contribution >= 4 is 7.60 Å². The van der Waals surface area contributed by atoms with Crippen LogP contribution in [-0.2, 0) is 9.09 Å². The average Bonchev–Trinajstić information content (AvgIpc) is 2.49. The van der Waals surface area contributed by atoms with Gasteiger partial charge < -0.3 is 9.42 Å². The molecule has 0 fully saturated rings. The predicted molar refractivity (Wildman–Crippen MR) is 96.6 cm³/mol. The van der Waals surface area contributed by atoms with E-state index >= 15 is 0 Å². The molecule has 0 aromatic rings. The van der Waals surface area contributed by atoms with Gasteiger partial charge in [0, 0.05) is 6.16 Å². The van der Waals surface area contributed by atoms with Crippen molar-refractivity contribution in [1.29, 1.82) is 0 Å². The Bertz CT molecular complexity index is 269. The Hall–Kier alpha value is 0.150. The maximum atomic E-state index is 11.8. The zero-order valence-corrected chi connectivity index (χ0v) is 15.9. The smallest absolute Gasteiger partial charge is 0.324 e. The third-order valence-corrected chi connectivity index (χ3v) is 5.55. The largest absolute Gasteiger partial charge is 0.328 e. The number of rotatable bonds is 17. The molecular formula is C18H39O3P. The second-order valence-electron chi connectivity index (χ2n) is 6.44. The van der Waals surface area contributed by atoms with Crippen LogP contribution in [0.3, 0.4) is 0 Å². The van der Waals surface area contributed by atoms with Gasteiger partial charge in [0.2, 0.25) is 0 Å². The van der Waals surface area contributed by atoms with Gasteiger partial charge in [-0.15, -0.1) is 0 Å². The highest BCUT2D eigenvalue weighted by Crippen LogP contribution is 2.43. The lowest BCUT2D eigenvalue weighted by molar-refractivity contribution is 0.252. The Kier molecular flexibility index (Phi) is 16.1. The second-order valence-corrected chi connectivity index (χ2v) is 8.42. The predicted octanol–water partition coefficient (Wildman–Crippen LogP) is 6.69. The van der Waals surface area contributed by atoms with Crippen LogP contribution in [0.2, 0.25) is 0 Å². The molecule has 134 valence electrons. The van der Waals surface area contributed by atoms with Crippen molar-refractivity contribution in [2.75, 3.05) is 12.8 Å². The van der Waals surface area contributed by atoms with E-state index in [0.717, 1.165) is 38.5 Å². The van der Waals surface area contributed by atoms with Crippen LogP contribution < -0.4 is 0 Å². The van der Waals surface area contributed by atoms with Gasteiger partial charge in [0.1, 0.15) is 0 Å². The zero-order chi connectivity index (χ0) is 16.5. The standard InChI is InChI=1S/C18H39O3P/c1-3-5-7-9-10-11-12-13-14-15-17-21-22(19,20)18-16-8-6-4-2/h3-18H2,1-2H3,(H,19,20). The highest BCUT2D eigenvalue weighted by Gasteiger charge is 2.17. The quantitative estimate of drug-likeness (QED) is 0.238. The minimum atomic E-state index is -3.31. The van der Waals surface area contributed by atoms with E-state index in [9.17, 15) is 9.46 Å². The SMILES string of the molecule is CCCCCCCCCCCCOP(=O)(O)CCCCCC. The molecule has 0 radical (unpaired) electrons. The summed E-state index contributed by atoms with van der Waals surface area (Å²) in [5.74, 6) is 0. The molecule has 0 aliphatic rings. The first-order valence-electron chi connectivity index (χ1n) is 9.58. The maximum Gasteiger partial charge on any atom is 0.328 e. The van der Waals surface area contributed by atoms with E-state index in [2.05, 4.69) is 13.8 Å². The van der Waals surface area contributed by atoms with E-state index in [1.54, 1.807) is 0 Å². The maximum absolute atomic E-state index is 11.8. The Labute approximate surface area is 138 Å². The van der Waals surface area contributed by atoms with Gasteiger partial charge in [0.25, 0.3) is 0 Å². The molecule has 0 aromatic heterocycles. The molecule has 0 saturated carbocycles. The lowest BCUT2D eigenvalue weighted by Crippen LogP contribution is -1.97. The Morgan fingerprint density at radius 1 is 0.682 bits per heavy atom. The minimum Gasteiger partial charge on any atom is -0.324 e. The van der Waals surface area contributed by atoms with E-state index in [4.69, 9.17) is 4.52 Å². The summed E-state index contributed by atoms with van der Waals surface area (Å²) < 4.78 is 17.0. The first kappa shape index (κ1) is 22.1. The van der Waals surface area contributed by atoms with Crippen LogP contribution >= 0.6 is 7.60 Å². The molecule has 0 saturated heterocycles. The van der Waals surface area contributed by atoms with Crippen LogP contribution in [0, 0.1) is 0 Å². The van der Waals surface area contributed by atoms with Gasteiger partial charge in [-0.05, 0) is 12.8 Å². The normalized spacial score (nSPS) is 14.1. The fraction of sp³-hybridized carbons (Fsp3) is 1.00. The first-order chi connectivity index (χ1) is 10.6. The summed E-state index contributed by atoms with van der Waals surface area (Å²) in [6.45, 7) is 4.83. The summed E-state index contributed by atoms with van der Waals surface area (Å²) in [7, 11) is -3.31. The molecule has 4 heteroatoms. The van der Waals surface area contributed by atoms with Crippen molar-refractivity contribution < 1.29 is 14.0 Å². The van der Waals surface area contributed by atoms with Gasteiger partial charge in [-0.2, -0.15) is 0 Å². The molecule has 22 heavy (non-hydrogen) atoms. The highest BCUT2D eigenvalue weighted by atomic mass is 31.2. The molecule has 1 unspecified atom stereocenters. The van der Waals surface area contributed by atoms with Crippen molar-refractivity contribution in [2.45, 2.75) is 104 Å².